The summed E-state index contributed by atoms with van der Waals surface area (Å²) >= 11 is 0. The van der Waals surface area contributed by atoms with Gasteiger partial charge in [-0.1, -0.05) is 121 Å². The van der Waals surface area contributed by atoms with Crippen LogP contribution in [-0.2, 0) is 25.7 Å². The molecule has 7 aromatic rings. The van der Waals surface area contributed by atoms with Gasteiger partial charge in [0.15, 0.2) is 0 Å². The second-order valence-corrected chi connectivity index (χ2v) is 17.4. The van der Waals surface area contributed by atoms with Crippen LogP contribution in [0, 0.1) is 0 Å². The van der Waals surface area contributed by atoms with Gasteiger partial charge in [0.05, 0.1) is 11.7 Å². The van der Waals surface area contributed by atoms with Gasteiger partial charge in [0.1, 0.15) is 11.2 Å². The molecule has 0 unspecified atom stereocenters. The molecule has 1 aromatic heterocycles. The number of hydrogen-bond donors (Lipinski definition) is 0. The highest BCUT2D eigenvalue weighted by molar-refractivity contribution is 7.80. The van der Waals surface area contributed by atoms with Crippen LogP contribution in [0.3, 0.4) is 0 Å². The van der Waals surface area contributed by atoms with Gasteiger partial charge < -0.3 is 8.39 Å². The van der Waals surface area contributed by atoms with Gasteiger partial charge in [0, 0.05) is 16.1 Å². The van der Waals surface area contributed by atoms with E-state index in [4.69, 9.17) is 8.39 Å². The monoisotopic (exact) mass is 703 g/mol. The Morgan fingerprint density at radius 2 is 1.00 bits per heavy atom. The summed E-state index contributed by atoms with van der Waals surface area (Å²) in [5.74, 6) is 0. The lowest BCUT2D eigenvalue weighted by Crippen LogP contribution is -2.28. The van der Waals surface area contributed by atoms with Gasteiger partial charge in [-0.3, -0.25) is 4.67 Å². The van der Waals surface area contributed by atoms with Gasteiger partial charge in [-0.05, 0) is 123 Å². The molecule has 0 spiro atoms. The first-order chi connectivity index (χ1) is 25.2. The molecule has 0 fully saturated rings. The Labute approximate surface area is 303 Å². The van der Waals surface area contributed by atoms with Crippen molar-refractivity contribution in [3.8, 4) is 0 Å². The molecule has 0 bridgehead atoms. The van der Waals surface area contributed by atoms with Crippen LogP contribution in [0.4, 0.5) is 5.69 Å². The van der Waals surface area contributed by atoms with E-state index in [0.29, 0.717) is 0 Å². The average Bonchev–Trinajstić information content (AvgIpc) is 3.37. The number of anilines is 1. The van der Waals surface area contributed by atoms with Crippen LogP contribution in [0.25, 0.3) is 21.9 Å². The van der Waals surface area contributed by atoms with Gasteiger partial charge in [-0.2, -0.15) is 0 Å². The van der Waals surface area contributed by atoms with Gasteiger partial charge >= 0.3 is 8.16 Å². The number of aryl methyl sites for hydroxylation is 4. The zero-order chi connectivity index (χ0) is 34.1. The predicted molar refractivity (Wildman–Crippen MR) is 217 cm³/mol. The van der Waals surface area contributed by atoms with E-state index in [9.17, 15) is 0 Å². The summed E-state index contributed by atoms with van der Waals surface area (Å²) in [6.45, 7) is 2.31. The van der Waals surface area contributed by atoms with Crippen LogP contribution in [0.5, 0.6) is 0 Å². The molecule has 3 nitrogen and oxygen atoms in total. The molecule has 1 atom stereocenters. The number of benzene rings is 6. The van der Waals surface area contributed by atoms with E-state index in [2.05, 4.69) is 151 Å². The Balaban J connectivity index is 1.35. The fraction of sp³-hybridized carbons (Fsp3) is 0.217. The lowest BCUT2D eigenvalue weighted by molar-refractivity contribution is 0.618. The summed E-state index contributed by atoms with van der Waals surface area (Å²) in [4.78, 5) is 0. The largest absolute Gasteiger partial charge is 0.404 e. The smallest absolute Gasteiger partial charge is 0.342 e. The SMILES string of the molecule is C[C@@H](c1ccccc1)N(c1ccccc1P(c1ccccc1)c1ccccc1)p1oc2ccc3c(c2c2c4c(ccc2o1)CCCC4)CCCC3. The average molecular weight is 704 g/mol. The van der Waals surface area contributed by atoms with Crippen molar-refractivity contribution in [1.29, 1.82) is 0 Å². The Bertz CT molecular complexity index is 2240. The van der Waals surface area contributed by atoms with Crippen LogP contribution in [-0.4, -0.2) is 0 Å². The Kier molecular flexibility index (Phi) is 9.03. The minimum Gasteiger partial charge on any atom is -0.404 e. The standard InChI is InChI=1S/C46H43NO2P2/c1-33(34-17-5-2-6-18-34)47(41-27-15-16-28-44(41)50(37-21-7-3-8-22-37)38-23-9-4-10-24-38)51-48-42-31-29-35-19-11-13-25-39(35)45(42)46-40-26-14-12-20-36(40)30-32-43(46)49-51/h2-10,15-18,21-24,27-33H,11-14,19-20,25-26H2,1H3/t33-/m0/s1. The number of para-hydroxylation sites is 1. The molecule has 2 aliphatic carbocycles. The fourth-order valence-electron chi connectivity index (χ4n) is 8.33. The molecule has 0 saturated heterocycles. The maximum Gasteiger partial charge on any atom is 0.342 e. The third kappa shape index (κ3) is 6.12. The molecule has 2 aliphatic rings. The lowest BCUT2D eigenvalue weighted by atomic mass is 9.84. The highest BCUT2D eigenvalue weighted by atomic mass is 31.1. The molecule has 0 N–H and O–H groups in total. The number of rotatable bonds is 7. The van der Waals surface area contributed by atoms with Gasteiger partial charge in [-0.25, -0.2) is 0 Å². The quantitative estimate of drug-likeness (QED) is 0.155. The summed E-state index contributed by atoms with van der Waals surface area (Å²) in [6, 6.07) is 51.0. The van der Waals surface area contributed by atoms with Gasteiger partial charge in [-0.15, -0.1) is 0 Å². The molecule has 0 amide bonds. The van der Waals surface area contributed by atoms with Crippen molar-refractivity contribution in [3.63, 3.8) is 0 Å². The maximum atomic E-state index is 7.38. The van der Waals surface area contributed by atoms with Crippen molar-refractivity contribution in [2.24, 2.45) is 0 Å². The summed E-state index contributed by atoms with van der Waals surface area (Å²) < 4.78 is 17.2. The van der Waals surface area contributed by atoms with Crippen LogP contribution >= 0.6 is 16.1 Å². The van der Waals surface area contributed by atoms with E-state index in [-0.39, 0.29) is 6.04 Å². The second-order valence-electron chi connectivity index (χ2n) is 13.9. The van der Waals surface area contributed by atoms with Crippen molar-refractivity contribution in [1.82, 2.24) is 0 Å². The summed E-state index contributed by atoms with van der Waals surface area (Å²) in [5.41, 5.74) is 10.2. The first-order valence-electron chi connectivity index (χ1n) is 18.5. The summed E-state index contributed by atoms with van der Waals surface area (Å²) in [7, 11) is -2.52. The zero-order valence-corrected chi connectivity index (χ0v) is 31.0. The number of fused-ring (bicyclic) bond motifs is 7. The third-order valence-electron chi connectivity index (χ3n) is 10.8. The predicted octanol–water partition coefficient (Wildman–Crippen LogP) is 11.8. The number of hydrogen-bond acceptors (Lipinski definition) is 3. The molecular formula is C46H43NO2P2. The molecule has 0 saturated carbocycles. The lowest BCUT2D eigenvalue weighted by Gasteiger charge is -2.32. The zero-order valence-electron chi connectivity index (χ0n) is 29.2. The molecule has 9 rings (SSSR count). The molecule has 0 aliphatic heterocycles. The Morgan fingerprint density at radius 1 is 0.529 bits per heavy atom. The highest BCUT2D eigenvalue weighted by Crippen LogP contribution is 2.50. The molecule has 254 valence electrons. The first kappa shape index (κ1) is 32.4. The molecule has 6 aromatic carbocycles. The van der Waals surface area contributed by atoms with Gasteiger partial charge in [0.25, 0.3) is 0 Å². The molecule has 0 radical (unpaired) electrons. The molecule has 51 heavy (non-hydrogen) atoms. The van der Waals surface area contributed by atoms with E-state index < -0.39 is 16.1 Å². The maximum absolute atomic E-state index is 7.38. The van der Waals surface area contributed by atoms with Crippen molar-refractivity contribution in [2.45, 2.75) is 64.3 Å². The third-order valence-corrected chi connectivity index (χ3v) is 14.9. The minimum absolute atomic E-state index is 0.0258. The van der Waals surface area contributed by atoms with Crippen LogP contribution in [0.15, 0.2) is 148 Å². The second kappa shape index (κ2) is 14.2. The van der Waals surface area contributed by atoms with Crippen molar-refractivity contribution < 1.29 is 8.39 Å². The van der Waals surface area contributed by atoms with E-state index in [0.717, 1.165) is 42.5 Å². The minimum atomic E-state index is -1.64. The van der Waals surface area contributed by atoms with Crippen molar-refractivity contribution >= 4 is 59.6 Å². The summed E-state index contributed by atoms with van der Waals surface area (Å²) in [6.07, 6.45) is 9.39. The Hall–Kier alpha value is -4.55. The fourth-order valence-corrected chi connectivity index (χ4v) is 12.5. The molecule has 5 heteroatoms. The van der Waals surface area contributed by atoms with Crippen molar-refractivity contribution in [2.75, 3.05) is 4.67 Å². The highest BCUT2D eigenvalue weighted by Gasteiger charge is 2.30. The Morgan fingerprint density at radius 3 is 1.55 bits per heavy atom. The molecule has 1 heterocycles. The van der Waals surface area contributed by atoms with E-state index in [1.807, 2.05) is 0 Å². The summed E-state index contributed by atoms with van der Waals surface area (Å²) in [5, 5.41) is 6.53. The van der Waals surface area contributed by atoms with Crippen LogP contribution in [0.2, 0.25) is 0 Å². The van der Waals surface area contributed by atoms with Gasteiger partial charge in [0.2, 0.25) is 0 Å². The van der Waals surface area contributed by atoms with Crippen LogP contribution in [0.1, 0.15) is 66.5 Å². The van der Waals surface area contributed by atoms with E-state index in [1.165, 1.54) is 80.2 Å². The normalized spacial score (nSPS) is 14.6. The van der Waals surface area contributed by atoms with Crippen LogP contribution < -0.4 is 20.6 Å². The topological polar surface area (TPSA) is 29.5 Å². The van der Waals surface area contributed by atoms with E-state index >= 15 is 0 Å². The van der Waals surface area contributed by atoms with Crippen molar-refractivity contribution in [3.05, 3.63) is 167 Å². The first-order valence-corrected chi connectivity index (χ1v) is 21.0. The van der Waals surface area contributed by atoms with E-state index in [1.54, 1.807) is 0 Å². The number of nitrogens with zero attached hydrogens (tertiary/aromatic N) is 1. The molecular weight excluding hydrogens is 660 g/mol.